The van der Waals surface area contributed by atoms with Crippen LogP contribution in [0.15, 0.2) is 41.3 Å². The first-order valence-corrected chi connectivity index (χ1v) is 8.48. The third-order valence-electron chi connectivity index (χ3n) is 4.44. The van der Waals surface area contributed by atoms with Crippen LogP contribution in [0.2, 0.25) is 0 Å². The van der Waals surface area contributed by atoms with Crippen molar-refractivity contribution in [1.82, 2.24) is 19.6 Å². The van der Waals surface area contributed by atoms with Gasteiger partial charge in [-0.1, -0.05) is 22.1 Å². The number of benzene rings is 1. The molecular weight excluding hydrogens is 330 g/mol. The molecule has 26 heavy (non-hydrogen) atoms. The van der Waals surface area contributed by atoms with E-state index in [4.69, 9.17) is 4.74 Å². The fraction of sp³-hybridized carbons (Fsp3) is 0.263. The molecule has 0 aliphatic rings. The number of nitrogens with zero attached hydrogens (tertiary/aromatic N) is 4. The molecule has 0 atom stereocenters. The Bertz CT molecular complexity index is 1190. The van der Waals surface area contributed by atoms with Gasteiger partial charge in [0.2, 0.25) is 5.82 Å². The van der Waals surface area contributed by atoms with E-state index in [9.17, 15) is 4.79 Å². The van der Waals surface area contributed by atoms with Crippen molar-refractivity contribution in [2.75, 3.05) is 7.11 Å². The number of H-pyrrole nitrogens is 1. The number of rotatable bonds is 3. The lowest BCUT2D eigenvalue weighted by Crippen LogP contribution is -2.32. The summed E-state index contributed by atoms with van der Waals surface area (Å²) in [5.41, 5.74) is 2.02. The molecular formula is C19H20N5O2+. The van der Waals surface area contributed by atoms with Crippen LogP contribution in [0.25, 0.3) is 27.9 Å². The largest absolute Gasteiger partial charge is 0.496 e. The van der Waals surface area contributed by atoms with Crippen molar-refractivity contribution in [3.05, 3.63) is 52.7 Å². The Kier molecular flexibility index (Phi) is 3.72. The van der Waals surface area contributed by atoms with E-state index in [1.54, 1.807) is 22.4 Å². The Labute approximate surface area is 149 Å². The van der Waals surface area contributed by atoms with Gasteiger partial charge in [-0.25, -0.2) is 5.10 Å². The molecule has 0 aliphatic heterocycles. The summed E-state index contributed by atoms with van der Waals surface area (Å²) in [6.45, 7) is 5.82. The van der Waals surface area contributed by atoms with Gasteiger partial charge < -0.3 is 9.30 Å². The van der Waals surface area contributed by atoms with Gasteiger partial charge in [-0.15, -0.1) is 4.52 Å². The molecule has 0 aliphatic carbocycles. The topological polar surface area (TPSA) is 76.9 Å². The summed E-state index contributed by atoms with van der Waals surface area (Å²) < 4.78 is 9.00. The summed E-state index contributed by atoms with van der Waals surface area (Å²) in [7, 11) is 1.62. The number of aromatic amines is 1. The van der Waals surface area contributed by atoms with E-state index in [0.717, 1.165) is 5.56 Å². The second-order valence-corrected chi connectivity index (χ2v) is 6.49. The second-order valence-electron chi connectivity index (χ2n) is 6.49. The molecule has 1 N–H and O–H groups in total. The highest BCUT2D eigenvalue weighted by Gasteiger charge is 2.26. The van der Waals surface area contributed by atoms with E-state index in [-0.39, 0.29) is 11.6 Å². The van der Waals surface area contributed by atoms with Gasteiger partial charge in [0.05, 0.1) is 12.7 Å². The zero-order chi connectivity index (χ0) is 18.4. The average Bonchev–Trinajstić information content (AvgIpc) is 2.99. The first-order chi connectivity index (χ1) is 12.5. The van der Waals surface area contributed by atoms with E-state index < -0.39 is 0 Å². The van der Waals surface area contributed by atoms with Crippen LogP contribution in [-0.4, -0.2) is 26.7 Å². The van der Waals surface area contributed by atoms with Gasteiger partial charge >= 0.3 is 5.78 Å². The van der Waals surface area contributed by atoms with Crippen LogP contribution in [0.4, 0.5) is 0 Å². The fourth-order valence-corrected chi connectivity index (χ4v) is 3.25. The van der Waals surface area contributed by atoms with Crippen LogP contribution < -0.4 is 14.8 Å². The Morgan fingerprint density at radius 3 is 2.69 bits per heavy atom. The minimum Gasteiger partial charge on any atom is -0.496 e. The number of para-hydroxylation sites is 1. The molecule has 3 aromatic heterocycles. The maximum Gasteiger partial charge on any atom is 0.458 e. The first-order valence-electron chi connectivity index (χ1n) is 8.48. The molecule has 7 nitrogen and oxygen atoms in total. The van der Waals surface area contributed by atoms with Crippen LogP contribution in [-0.2, 0) is 0 Å². The van der Waals surface area contributed by atoms with Crippen molar-refractivity contribution in [2.24, 2.45) is 0 Å². The number of nitrogens with one attached hydrogen (secondary N) is 1. The van der Waals surface area contributed by atoms with Crippen molar-refractivity contribution < 1.29 is 9.25 Å². The summed E-state index contributed by atoms with van der Waals surface area (Å²) in [6, 6.07) is 9.53. The monoisotopic (exact) mass is 350 g/mol. The lowest BCUT2D eigenvalue weighted by atomic mass is 10.1. The predicted octanol–water partition coefficient (Wildman–Crippen LogP) is 2.42. The molecule has 132 valence electrons. The van der Waals surface area contributed by atoms with E-state index in [1.807, 2.05) is 51.1 Å². The number of methoxy groups -OCH3 is 1. The number of hydrogen-bond donors (Lipinski definition) is 1. The van der Waals surface area contributed by atoms with E-state index in [0.29, 0.717) is 33.9 Å². The van der Waals surface area contributed by atoms with Gasteiger partial charge in [0.1, 0.15) is 11.1 Å². The third kappa shape index (κ3) is 2.35. The summed E-state index contributed by atoms with van der Waals surface area (Å²) in [6.07, 6.45) is 1.78. The number of fused-ring (bicyclic) bond motifs is 2. The van der Waals surface area contributed by atoms with Gasteiger partial charge in [-0.3, -0.25) is 4.79 Å². The molecule has 0 spiro atoms. The number of aromatic nitrogens is 5. The third-order valence-corrected chi connectivity index (χ3v) is 4.44. The molecule has 0 saturated heterocycles. The summed E-state index contributed by atoms with van der Waals surface area (Å²) in [5, 5.41) is 3.72. The molecule has 1 aromatic carbocycles. The highest BCUT2D eigenvalue weighted by atomic mass is 16.5. The van der Waals surface area contributed by atoms with Gasteiger partial charge in [0.15, 0.2) is 11.2 Å². The van der Waals surface area contributed by atoms with Crippen LogP contribution >= 0.6 is 0 Å². The standard InChI is InChI=1S/C19H19N5O2/c1-11(2)23-10-9-14-16(18(23)25)17(13-7-5-6-8-15(13)26-4)24-19(21-14)20-12(3)22-24/h5-11H,1-4H3/p+1. The number of aryl methyl sites for hydroxylation is 1. The lowest BCUT2D eigenvalue weighted by molar-refractivity contribution is -0.567. The maximum atomic E-state index is 13.2. The zero-order valence-electron chi connectivity index (χ0n) is 15.1. The minimum atomic E-state index is -0.0902. The van der Waals surface area contributed by atoms with Crippen LogP contribution in [0.5, 0.6) is 5.75 Å². The van der Waals surface area contributed by atoms with Gasteiger partial charge in [-0.05, 0) is 32.0 Å². The van der Waals surface area contributed by atoms with Crippen molar-refractivity contribution in [2.45, 2.75) is 26.8 Å². The van der Waals surface area contributed by atoms with Crippen molar-refractivity contribution in [3.8, 4) is 17.0 Å². The molecule has 0 amide bonds. The van der Waals surface area contributed by atoms with Crippen LogP contribution in [0.3, 0.4) is 0 Å². The number of hydrogen-bond acceptors (Lipinski definition) is 4. The first kappa shape index (κ1) is 16.3. The number of pyridine rings is 1. The summed E-state index contributed by atoms with van der Waals surface area (Å²) in [4.78, 5) is 22.3. The lowest BCUT2D eigenvalue weighted by Gasteiger charge is -2.12. The Balaban J connectivity index is 2.26. The number of ether oxygens (including phenoxy) is 1. The minimum absolute atomic E-state index is 0.0432. The van der Waals surface area contributed by atoms with Crippen LogP contribution in [0.1, 0.15) is 25.7 Å². The summed E-state index contributed by atoms with van der Waals surface area (Å²) in [5.74, 6) is 1.91. The molecule has 7 heteroatoms. The van der Waals surface area contributed by atoms with Crippen LogP contribution in [0, 0.1) is 6.92 Å². The molecule has 3 heterocycles. The van der Waals surface area contributed by atoms with Gasteiger partial charge in [-0.2, -0.15) is 0 Å². The summed E-state index contributed by atoms with van der Waals surface area (Å²) >= 11 is 0. The van der Waals surface area contributed by atoms with Crippen molar-refractivity contribution in [1.29, 1.82) is 0 Å². The molecule has 0 fully saturated rings. The maximum absolute atomic E-state index is 13.2. The molecule has 0 radical (unpaired) electrons. The molecule has 0 bridgehead atoms. The van der Waals surface area contributed by atoms with Gasteiger partial charge in [0, 0.05) is 19.2 Å². The second kappa shape index (κ2) is 5.94. The smallest absolute Gasteiger partial charge is 0.458 e. The highest BCUT2D eigenvalue weighted by molar-refractivity contribution is 5.92. The highest BCUT2D eigenvalue weighted by Crippen LogP contribution is 2.30. The van der Waals surface area contributed by atoms with Crippen molar-refractivity contribution >= 4 is 16.7 Å². The Morgan fingerprint density at radius 2 is 1.96 bits per heavy atom. The fourth-order valence-electron chi connectivity index (χ4n) is 3.25. The molecule has 4 aromatic rings. The molecule has 4 rings (SSSR count). The zero-order valence-corrected chi connectivity index (χ0v) is 15.1. The molecule has 0 saturated carbocycles. The van der Waals surface area contributed by atoms with E-state index in [2.05, 4.69) is 15.1 Å². The normalized spacial score (nSPS) is 11.6. The quantitative estimate of drug-likeness (QED) is 0.576. The SMILES string of the molecule is COc1ccccc1-c1c2c(=O)n(C(C)C)ccc2nc2nc(C)[nH][n+]12. The predicted molar refractivity (Wildman–Crippen MR) is 98.4 cm³/mol. The molecule has 0 unspecified atom stereocenters. The Hall–Kier alpha value is -3.22. The average molecular weight is 350 g/mol. The van der Waals surface area contributed by atoms with E-state index >= 15 is 0 Å². The van der Waals surface area contributed by atoms with Crippen molar-refractivity contribution in [3.63, 3.8) is 0 Å². The van der Waals surface area contributed by atoms with Gasteiger partial charge in [0.25, 0.3) is 5.56 Å². The van der Waals surface area contributed by atoms with E-state index in [1.165, 1.54) is 0 Å². The Morgan fingerprint density at radius 1 is 1.19 bits per heavy atom.